The SMILES string of the molecule is CCNC1COCC1C(=O)Nc1cc([N+](=O)[O-])ccc1Br. The molecular weight excluding hydrogens is 342 g/mol. The summed E-state index contributed by atoms with van der Waals surface area (Å²) in [5, 5.41) is 16.7. The lowest BCUT2D eigenvalue weighted by molar-refractivity contribution is -0.384. The largest absolute Gasteiger partial charge is 0.379 e. The molecule has 1 aromatic rings. The van der Waals surface area contributed by atoms with Crippen LogP contribution >= 0.6 is 15.9 Å². The molecule has 2 unspecified atom stereocenters. The fourth-order valence-electron chi connectivity index (χ4n) is 2.22. The van der Waals surface area contributed by atoms with Crippen LogP contribution in [0.4, 0.5) is 11.4 Å². The number of hydrogen-bond donors (Lipinski definition) is 2. The van der Waals surface area contributed by atoms with Gasteiger partial charge < -0.3 is 15.4 Å². The van der Waals surface area contributed by atoms with E-state index in [0.717, 1.165) is 6.54 Å². The van der Waals surface area contributed by atoms with Gasteiger partial charge in [0.05, 0.1) is 29.7 Å². The van der Waals surface area contributed by atoms with Crippen LogP contribution in [0, 0.1) is 16.0 Å². The normalized spacial score (nSPS) is 21.2. The summed E-state index contributed by atoms with van der Waals surface area (Å²) in [5.74, 6) is -0.518. The summed E-state index contributed by atoms with van der Waals surface area (Å²) in [7, 11) is 0. The van der Waals surface area contributed by atoms with E-state index < -0.39 is 4.92 Å². The monoisotopic (exact) mass is 357 g/mol. The number of hydrogen-bond acceptors (Lipinski definition) is 5. The van der Waals surface area contributed by atoms with Crippen molar-refractivity contribution in [2.45, 2.75) is 13.0 Å². The molecule has 2 N–H and O–H groups in total. The highest BCUT2D eigenvalue weighted by Crippen LogP contribution is 2.28. The molecule has 0 aromatic heterocycles. The molecule has 2 rings (SSSR count). The second-order valence-electron chi connectivity index (χ2n) is 4.72. The average molecular weight is 358 g/mol. The van der Waals surface area contributed by atoms with Gasteiger partial charge in [0.25, 0.3) is 5.69 Å². The minimum Gasteiger partial charge on any atom is -0.379 e. The molecule has 1 saturated heterocycles. The Balaban J connectivity index is 2.12. The van der Waals surface area contributed by atoms with Crippen LogP contribution in [-0.2, 0) is 9.53 Å². The molecule has 1 aromatic carbocycles. The van der Waals surface area contributed by atoms with Crippen LogP contribution in [0.15, 0.2) is 22.7 Å². The maximum absolute atomic E-state index is 12.3. The minimum absolute atomic E-state index is 0.0347. The van der Waals surface area contributed by atoms with Crippen LogP contribution in [0.3, 0.4) is 0 Å². The van der Waals surface area contributed by atoms with Gasteiger partial charge in [-0.2, -0.15) is 0 Å². The van der Waals surface area contributed by atoms with Crippen LogP contribution in [0.1, 0.15) is 6.92 Å². The predicted octanol–water partition coefficient (Wildman–Crippen LogP) is 1.92. The van der Waals surface area contributed by atoms with E-state index in [1.807, 2.05) is 6.92 Å². The van der Waals surface area contributed by atoms with Gasteiger partial charge >= 0.3 is 0 Å². The number of benzene rings is 1. The van der Waals surface area contributed by atoms with Gasteiger partial charge in [-0.15, -0.1) is 0 Å². The molecule has 1 aliphatic rings. The predicted molar refractivity (Wildman–Crippen MR) is 81.2 cm³/mol. The summed E-state index contributed by atoms with van der Waals surface area (Å²) in [6.07, 6.45) is 0. The summed E-state index contributed by atoms with van der Waals surface area (Å²) in [5.41, 5.74) is 0.316. The number of non-ortho nitro benzene ring substituents is 1. The van der Waals surface area contributed by atoms with E-state index in [4.69, 9.17) is 4.74 Å². The van der Waals surface area contributed by atoms with Crippen LogP contribution in [0.25, 0.3) is 0 Å². The molecule has 1 fully saturated rings. The number of nitrogens with zero attached hydrogens (tertiary/aromatic N) is 1. The number of rotatable bonds is 5. The molecule has 1 amide bonds. The van der Waals surface area contributed by atoms with Gasteiger partial charge in [-0.3, -0.25) is 14.9 Å². The van der Waals surface area contributed by atoms with Crippen LogP contribution in [0.5, 0.6) is 0 Å². The Morgan fingerprint density at radius 1 is 1.52 bits per heavy atom. The Hall–Kier alpha value is -1.51. The molecule has 1 heterocycles. The Kier molecular flexibility index (Phi) is 5.27. The summed E-state index contributed by atoms with van der Waals surface area (Å²) < 4.78 is 5.93. The van der Waals surface area contributed by atoms with Gasteiger partial charge in [-0.05, 0) is 28.5 Å². The zero-order chi connectivity index (χ0) is 15.4. The average Bonchev–Trinajstić information content (AvgIpc) is 2.89. The third-order valence-electron chi connectivity index (χ3n) is 3.30. The lowest BCUT2D eigenvalue weighted by Crippen LogP contribution is -2.41. The van der Waals surface area contributed by atoms with Crippen molar-refractivity contribution in [3.63, 3.8) is 0 Å². The first-order valence-electron chi connectivity index (χ1n) is 6.59. The quantitative estimate of drug-likeness (QED) is 0.620. The maximum atomic E-state index is 12.3. The summed E-state index contributed by atoms with van der Waals surface area (Å²) in [4.78, 5) is 22.6. The number of amides is 1. The number of nitrogens with one attached hydrogen (secondary N) is 2. The molecule has 21 heavy (non-hydrogen) atoms. The van der Waals surface area contributed by atoms with Crippen molar-refractivity contribution in [3.05, 3.63) is 32.8 Å². The molecule has 2 atom stereocenters. The summed E-state index contributed by atoms with van der Waals surface area (Å²) in [6, 6.07) is 4.22. The van der Waals surface area contributed by atoms with Crippen molar-refractivity contribution in [2.75, 3.05) is 25.1 Å². The lowest BCUT2D eigenvalue weighted by Gasteiger charge is -2.18. The van der Waals surface area contributed by atoms with Gasteiger partial charge in [0.2, 0.25) is 5.91 Å². The molecule has 8 heteroatoms. The topological polar surface area (TPSA) is 93.5 Å². The van der Waals surface area contributed by atoms with Crippen LogP contribution in [0.2, 0.25) is 0 Å². The first-order chi connectivity index (χ1) is 10.0. The van der Waals surface area contributed by atoms with Crippen LogP contribution < -0.4 is 10.6 Å². The molecule has 0 bridgehead atoms. The Bertz CT molecular complexity index is 552. The van der Waals surface area contributed by atoms with Crippen molar-refractivity contribution in [1.29, 1.82) is 0 Å². The number of halogens is 1. The maximum Gasteiger partial charge on any atom is 0.271 e. The summed E-state index contributed by atoms with van der Waals surface area (Å²) >= 11 is 3.28. The molecule has 0 radical (unpaired) electrons. The van der Waals surface area contributed by atoms with Gasteiger partial charge in [-0.25, -0.2) is 0 Å². The lowest BCUT2D eigenvalue weighted by atomic mass is 10.0. The summed E-state index contributed by atoms with van der Waals surface area (Å²) in [6.45, 7) is 3.54. The zero-order valence-corrected chi connectivity index (χ0v) is 13.1. The molecule has 0 saturated carbocycles. The number of nitro benzene ring substituents is 1. The molecule has 0 aliphatic carbocycles. The van der Waals surface area contributed by atoms with Crippen molar-refractivity contribution in [2.24, 2.45) is 5.92 Å². The first-order valence-corrected chi connectivity index (χ1v) is 7.38. The standard InChI is InChI=1S/C13H16BrN3O4/c1-2-15-12-7-21-6-9(12)13(18)16-11-5-8(17(19)20)3-4-10(11)14/h3-5,9,12,15H,2,6-7H2,1H3,(H,16,18). The van der Waals surface area contributed by atoms with E-state index in [1.165, 1.54) is 12.1 Å². The number of anilines is 1. The smallest absolute Gasteiger partial charge is 0.271 e. The van der Waals surface area contributed by atoms with Crippen molar-refractivity contribution < 1.29 is 14.5 Å². The second-order valence-corrected chi connectivity index (χ2v) is 5.57. The Labute approximate surface area is 130 Å². The van der Waals surface area contributed by atoms with Crippen molar-refractivity contribution >= 4 is 33.2 Å². The Morgan fingerprint density at radius 3 is 2.95 bits per heavy atom. The Morgan fingerprint density at radius 2 is 2.29 bits per heavy atom. The highest BCUT2D eigenvalue weighted by Gasteiger charge is 2.33. The van der Waals surface area contributed by atoms with Gasteiger partial charge in [0, 0.05) is 22.6 Å². The number of likely N-dealkylation sites (N-methyl/N-ethyl adjacent to an activating group) is 1. The first kappa shape index (κ1) is 15.9. The fraction of sp³-hybridized carbons (Fsp3) is 0.462. The molecule has 114 valence electrons. The molecular formula is C13H16BrN3O4. The van der Waals surface area contributed by atoms with Gasteiger partial charge in [0.15, 0.2) is 0 Å². The fourth-order valence-corrected chi connectivity index (χ4v) is 2.57. The highest BCUT2D eigenvalue weighted by molar-refractivity contribution is 9.10. The van der Waals surface area contributed by atoms with Crippen molar-refractivity contribution in [1.82, 2.24) is 5.32 Å². The van der Waals surface area contributed by atoms with Gasteiger partial charge in [0.1, 0.15) is 0 Å². The van der Waals surface area contributed by atoms with E-state index >= 15 is 0 Å². The van der Waals surface area contributed by atoms with E-state index in [1.54, 1.807) is 6.07 Å². The number of nitro groups is 1. The third kappa shape index (κ3) is 3.78. The molecule has 1 aliphatic heterocycles. The van der Waals surface area contributed by atoms with E-state index in [2.05, 4.69) is 26.6 Å². The van der Waals surface area contributed by atoms with E-state index in [0.29, 0.717) is 23.4 Å². The number of ether oxygens (including phenoxy) is 1. The third-order valence-corrected chi connectivity index (χ3v) is 3.99. The van der Waals surface area contributed by atoms with E-state index in [-0.39, 0.29) is 23.6 Å². The van der Waals surface area contributed by atoms with E-state index in [9.17, 15) is 14.9 Å². The molecule has 0 spiro atoms. The van der Waals surface area contributed by atoms with Crippen molar-refractivity contribution in [3.8, 4) is 0 Å². The van der Waals surface area contributed by atoms with Gasteiger partial charge in [-0.1, -0.05) is 6.92 Å². The van der Waals surface area contributed by atoms with Crippen LogP contribution in [-0.4, -0.2) is 36.6 Å². The minimum atomic E-state index is -0.498. The molecule has 7 nitrogen and oxygen atoms in total. The number of carbonyl (C=O) groups is 1. The number of carbonyl (C=O) groups excluding carboxylic acids is 1. The highest BCUT2D eigenvalue weighted by atomic mass is 79.9. The zero-order valence-electron chi connectivity index (χ0n) is 11.5. The second kappa shape index (κ2) is 6.97.